The van der Waals surface area contributed by atoms with Gasteiger partial charge >= 0.3 is 6.03 Å². The summed E-state index contributed by atoms with van der Waals surface area (Å²) in [5.41, 5.74) is -0.112. The third-order valence-electron chi connectivity index (χ3n) is 3.51. The van der Waals surface area contributed by atoms with Crippen LogP contribution in [0.15, 0.2) is 0 Å². The van der Waals surface area contributed by atoms with Crippen molar-refractivity contribution in [1.29, 1.82) is 0 Å². The Morgan fingerprint density at radius 2 is 1.88 bits per heavy atom. The van der Waals surface area contributed by atoms with Gasteiger partial charge in [-0.25, -0.2) is 4.79 Å². The largest absolute Gasteiger partial charge is 0.336 e. The molecule has 4 nitrogen and oxygen atoms in total. The molecule has 0 aromatic carbocycles. The Bertz CT molecular complexity index is 347. The Kier molecular flexibility index (Phi) is 3.58. The van der Waals surface area contributed by atoms with Crippen molar-refractivity contribution in [3.8, 4) is 11.8 Å². The predicted octanol–water partition coefficient (Wildman–Crippen LogP) is 0.889. The molecule has 17 heavy (non-hydrogen) atoms. The highest BCUT2D eigenvalue weighted by atomic mass is 16.2. The van der Waals surface area contributed by atoms with E-state index in [9.17, 15) is 4.79 Å². The maximum atomic E-state index is 11.6. The van der Waals surface area contributed by atoms with Crippen LogP contribution in [0.1, 0.15) is 26.7 Å². The molecule has 2 amide bonds. The van der Waals surface area contributed by atoms with Crippen molar-refractivity contribution in [3.05, 3.63) is 0 Å². The molecule has 2 saturated heterocycles. The molecule has 2 heterocycles. The van der Waals surface area contributed by atoms with E-state index in [4.69, 9.17) is 0 Å². The van der Waals surface area contributed by atoms with Gasteiger partial charge in [-0.1, -0.05) is 11.8 Å². The lowest BCUT2D eigenvalue weighted by molar-refractivity contribution is 0.188. The summed E-state index contributed by atoms with van der Waals surface area (Å²) in [4.78, 5) is 15.7. The number of urea groups is 1. The van der Waals surface area contributed by atoms with Crippen LogP contribution in [0, 0.1) is 11.8 Å². The van der Waals surface area contributed by atoms with E-state index in [2.05, 4.69) is 35.9 Å². The first-order valence-corrected chi connectivity index (χ1v) is 6.33. The van der Waals surface area contributed by atoms with Gasteiger partial charge in [-0.05, 0) is 39.8 Å². The molecule has 4 heteroatoms. The van der Waals surface area contributed by atoms with Gasteiger partial charge in [-0.15, -0.1) is 0 Å². The minimum Gasteiger partial charge on any atom is -0.336 e. The highest BCUT2D eigenvalue weighted by Gasteiger charge is 2.36. The van der Waals surface area contributed by atoms with E-state index in [1.165, 1.54) is 25.9 Å². The topological polar surface area (TPSA) is 35.6 Å². The Morgan fingerprint density at radius 1 is 1.24 bits per heavy atom. The normalized spacial score (nSPS) is 23.4. The molecule has 2 aliphatic heterocycles. The fourth-order valence-electron chi connectivity index (χ4n) is 2.29. The molecular weight excluding hydrogens is 214 g/mol. The van der Waals surface area contributed by atoms with E-state index in [0.29, 0.717) is 13.1 Å². The number of nitrogens with zero attached hydrogens (tertiary/aromatic N) is 2. The average Bonchev–Trinajstić information content (AvgIpc) is 2.86. The molecule has 0 radical (unpaired) electrons. The Labute approximate surface area is 103 Å². The van der Waals surface area contributed by atoms with Crippen molar-refractivity contribution in [2.24, 2.45) is 0 Å². The third-order valence-corrected chi connectivity index (χ3v) is 3.51. The summed E-state index contributed by atoms with van der Waals surface area (Å²) in [5.74, 6) is 6.28. The number of hydrogen-bond acceptors (Lipinski definition) is 2. The molecule has 94 valence electrons. The molecule has 0 atom stereocenters. The van der Waals surface area contributed by atoms with Crippen LogP contribution >= 0.6 is 0 Å². The van der Waals surface area contributed by atoms with E-state index in [1.54, 1.807) is 0 Å². The molecule has 1 N–H and O–H groups in total. The van der Waals surface area contributed by atoms with Crippen LogP contribution in [0.25, 0.3) is 0 Å². The summed E-state index contributed by atoms with van der Waals surface area (Å²) in [5, 5.41) is 2.85. The molecule has 0 unspecified atom stereocenters. The van der Waals surface area contributed by atoms with Crippen LogP contribution in [0.4, 0.5) is 4.79 Å². The summed E-state index contributed by atoms with van der Waals surface area (Å²) in [6.07, 6.45) is 2.59. The smallest absolute Gasteiger partial charge is 0.318 e. The van der Waals surface area contributed by atoms with Crippen molar-refractivity contribution in [2.75, 3.05) is 32.7 Å². The van der Waals surface area contributed by atoms with E-state index in [-0.39, 0.29) is 11.6 Å². The van der Waals surface area contributed by atoms with Crippen LogP contribution in [-0.2, 0) is 0 Å². The predicted molar refractivity (Wildman–Crippen MR) is 67.6 cm³/mol. The third kappa shape index (κ3) is 2.92. The lowest BCUT2D eigenvalue weighted by Gasteiger charge is -2.27. The molecule has 0 bridgehead atoms. The highest BCUT2D eigenvalue weighted by Crippen LogP contribution is 2.18. The van der Waals surface area contributed by atoms with Gasteiger partial charge in [0.1, 0.15) is 0 Å². The van der Waals surface area contributed by atoms with Crippen molar-refractivity contribution in [2.45, 2.75) is 32.2 Å². The van der Waals surface area contributed by atoms with Gasteiger partial charge < -0.3 is 10.2 Å². The van der Waals surface area contributed by atoms with Crippen molar-refractivity contribution >= 4 is 6.03 Å². The van der Waals surface area contributed by atoms with E-state index >= 15 is 0 Å². The van der Waals surface area contributed by atoms with E-state index in [0.717, 1.165) is 6.54 Å². The molecule has 0 aromatic rings. The first kappa shape index (κ1) is 12.3. The minimum atomic E-state index is -0.112. The maximum absolute atomic E-state index is 11.6. The van der Waals surface area contributed by atoms with Crippen LogP contribution in [0.5, 0.6) is 0 Å². The van der Waals surface area contributed by atoms with Gasteiger partial charge in [-0.3, -0.25) is 4.90 Å². The Balaban J connectivity index is 1.80. The monoisotopic (exact) mass is 235 g/mol. The molecule has 0 aliphatic carbocycles. The van der Waals surface area contributed by atoms with Gasteiger partial charge in [0.05, 0.1) is 18.6 Å². The Morgan fingerprint density at radius 3 is 2.47 bits per heavy atom. The number of carbonyl (C=O) groups is 1. The minimum absolute atomic E-state index is 0.00507. The number of nitrogens with one attached hydrogen (secondary N) is 1. The first-order valence-electron chi connectivity index (χ1n) is 6.33. The number of rotatable bonds is 2. The van der Waals surface area contributed by atoms with E-state index < -0.39 is 0 Å². The zero-order valence-corrected chi connectivity index (χ0v) is 10.8. The number of hydrogen-bond donors (Lipinski definition) is 1. The zero-order chi connectivity index (χ0) is 12.3. The maximum Gasteiger partial charge on any atom is 0.318 e. The second-order valence-electron chi connectivity index (χ2n) is 5.39. The summed E-state index contributed by atoms with van der Waals surface area (Å²) in [7, 11) is 0. The molecular formula is C13H21N3O. The highest BCUT2D eigenvalue weighted by molar-refractivity contribution is 5.78. The molecule has 2 fully saturated rings. The summed E-state index contributed by atoms with van der Waals surface area (Å²) >= 11 is 0. The lowest BCUT2D eigenvalue weighted by Crippen LogP contribution is -2.42. The van der Waals surface area contributed by atoms with Crippen LogP contribution in [0.3, 0.4) is 0 Å². The summed E-state index contributed by atoms with van der Waals surface area (Å²) in [6, 6.07) is 0.00507. The first-order chi connectivity index (χ1) is 8.09. The van der Waals surface area contributed by atoms with Gasteiger partial charge in [0.2, 0.25) is 0 Å². The van der Waals surface area contributed by atoms with Gasteiger partial charge in [-0.2, -0.15) is 0 Å². The SMILES string of the molecule is CC1(C)CNC(=O)N1CC#CCN1CCCC1. The standard InChI is InChI=1S/C13H21N3O/c1-13(2)11-14-12(17)16(13)10-6-5-9-15-7-3-4-8-15/h3-4,7-11H2,1-2H3,(H,14,17). The van der Waals surface area contributed by atoms with Gasteiger partial charge in [0.15, 0.2) is 0 Å². The average molecular weight is 235 g/mol. The molecule has 2 aliphatic rings. The molecule has 0 saturated carbocycles. The number of likely N-dealkylation sites (tertiary alicyclic amines) is 1. The fraction of sp³-hybridized carbons (Fsp3) is 0.769. The van der Waals surface area contributed by atoms with Gasteiger partial charge in [0, 0.05) is 6.54 Å². The second kappa shape index (κ2) is 4.97. The van der Waals surface area contributed by atoms with Crippen molar-refractivity contribution < 1.29 is 4.79 Å². The van der Waals surface area contributed by atoms with Gasteiger partial charge in [0.25, 0.3) is 0 Å². The van der Waals surface area contributed by atoms with E-state index in [1.807, 2.05) is 4.90 Å². The fourth-order valence-corrected chi connectivity index (χ4v) is 2.29. The van der Waals surface area contributed by atoms with Crippen LogP contribution in [-0.4, -0.2) is 54.1 Å². The summed E-state index contributed by atoms with van der Waals surface area (Å²) < 4.78 is 0. The zero-order valence-electron chi connectivity index (χ0n) is 10.8. The molecule has 0 spiro atoms. The number of amides is 2. The van der Waals surface area contributed by atoms with Crippen molar-refractivity contribution in [1.82, 2.24) is 15.1 Å². The molecule has 0 aromatic heterocycles. The second-order valence-corrected chi connectivity index (χ2v) is 5.39. The van der Waals surface area contributed by atoms with Crippen LogP contribution < -0.4 is 5.32 Å². The Hall–Kier alpha value is -1.21. The van der Waals surface area contributed by atoms with Crippen LogP contribution in [0.2, 0.25) is 0 Å². The lowest BCUT2D eigenvalue weighted by atomic mass is 10.1. The summed E-state index contributed by atoms with van der Waals surface area (Å²) in [6.45, 7) is 8.55. The number of carbonyl (C=O) groups excluding carboxylic acids is 1. The molecule has 2 rings (SSSR count). The van der Waals surface area contributed by atoms with Crippen molar-refractivity contribution in [3.63, 3.8) is 0 Å². The quantitative estimate of drug-likeness (QED) is 0.722.